The monoisotopic (exact) mass is 385 g/mol. The van der Waals surface area contributed by atoms with Crippen LogP contribution in [0, 0.1) is 10.1 Å². The predicted molar refractivity (Wildman–Crippen MR) is 90.2 cm³/mol. The molecule has 1 aliphatic rings. The number of hydrogen-bond acceptors (Lipinski definition) is 9. The Labute approximate surface area is 151 Å². The van der Waals surface area contributed by atoms with Gasteiger partial charge in [-0.2, -0.15) is 0 Å². The first-order valence-electron chi connectivity index (χ1n) is 7.37. The molecule has 1 aromatic heterocycles. The zero-order valence-corrected chi connectivity index (χ0v) is 14.9. The van der Waals surface area contributed by atoms with Gasteiger partial charge in [-0.05, 0) is 23.3 Å². The molecule has 1 aromatic rings. The molecule has 1 fully saturated rings. The number of rotatable bonds is 8. The average Bonchev–Trinajstić information content (AvgIpc) is 2.90. The maximum atomic E-state index is 11.7. The van der Waals surface area contributed by atoms with Gasteiger partial charge in [0.05, 0.1) is 4.92 Å². The zero-order valence-electron chi connectivity index (χ0n) is 13.2. The molecule has 0 N–H and O–H groups in total. The summed E-state index contributed by atoms with van der Waals surface area (Å²) in [7, 11) is 2.81. The molecule has 0 spiro atoms. The van der Waals surface area contributed by atoms with E-state index in [0.29, 0.717) is 16.5 Å². The number of imide groups is 1. The van der Waals surface area contributed by atoms with E-state index in [0.717, 1.165) is 0 Å². The minimum Gasteiger partial charge on any atom is -0.330 e. The number of carbonyl (C=O) groups is 3. The maximum absolute atomic E-state index is 11.7. The Bertz CT molecular complexity index is 666. The number of nitro groups is 1. The SMILES string of the molecule is C[C@H](CCC(=O)ON1C(=O)CCC1=O)SSc1ccc([N+](=O)[O-])cn1. The third-order valence-corrected chi connectivity index (χ3v) is 6.04. The maximum Gasteiger partial charge on any atom is 0.333 e. The van der Waals surface area contributed by atoms with E-state index in [-0.39, 0.29) is 30.2 Å². The van der Waals surface area contributed by atoms with Gasteiger partial charge < -0.3 is 4.84 Å². The largest absolute Gasteiger partial charge is 0.333 e. The van der Waals surface area contributed by atoms with Crippen molar-refractivity contribution in [2.75, 3.05) is 0 Å². The van der Waals surface area contributed by atoms with Crippen LogP contribution < -0.4 is 0 Å². The lowest BCUT2D eigenvalue weighted by atomic mass is 10.2. The molecule has 0 aromatic carbocycles. The highest BCUT2D eigenvalue weighted by Gasteiger charge is 2.32. The first-order chi connectivity index (χ1) is 11.9. The molecular formula is C14H15N3O6S2. The molecule has 0 aliphatic carbocycles. The van der Waals surface area contributed by atoms with E-state index in [2.05, 4.69) is 4.98 Å². The number of amides is 2. The lowest BCUT2D eigenvalue weighted by Crippen LogP contribution is -2.32. The van der Waals surface area contributed by atoms with E-state index in [1.54, 1.807) is 6.07 Å². The molecule has 2 rings (SSSR count). The molecule has 25 heavy (non-hydrogen) atoms. The molecule has 0 bridgehead atoms. The molecule has 9 nitrogen and oxygen atoms in total. The summed E-state index contributed by atoms with van der Waals surface area (Å²) in [6.45, 7) is 1.91. The molecule has 2 amide bonds. The lowest BCUT2D eigenvalue weighted by Gasteiger charge is -2.13. The average molecular weight is 385 g/mol. The van der Waals surface area contributed by atoms with Gasteiger partial charge >= 0.3 is 5.97 Å². The van der Waals surface area contributed by atoms with E-state index >= 15 is 0 Å². The number of hydroxylamine groups is 2. The summed E-state index contributed by atoms with van der Waals surface area (Å²) in [5.74, 6) is -1.63. The molecule has 11 heteroatoms. The van der Waals surface area contributed by atoms with Gasteiger partial charge in [0, 0.05) is 30.6 Å². The van der Waals surface area contributed by atoms with Crippen LogP contribution in [0.25, 0.3) is 0 Å². The number of hydrogen-bond donors (Lipinski definition) is 0. The Kier molecular flexibility index (Phi) is 6.76. The fourth-order valence-corrected chi connectivity index (χ4v) is 3.91. The molecule has 1 aliphatic heterocycles. The fraction of sp³-hybridized carbons (Fsp3) is 0.429. The van der Waals surface area contributed by atoms with Crippen LogP contribution in [0.4, 0.5) is 5.69 Å². The fourth-order valence-electron chi connectivity index (χ4n) is 1.84. The Balaban J connectivity index is 1.70. The topological polar surface area (TPSA) is 120 Å². The van der Waals surface area contributed by atoms with E-state index in [9.17, 15) is 24.5 Å². The second-order valence-electron chi connectivity index (χ2n) is 5.19. The molecule has 134 valence electrons. The minimum absolute atomic E-state index is 0.0667. The molecular weight excluding hydrogens is 370 g/mol. The van der Waals surface area contributed by atoms with Crippen LogP contribution in [0.15, 0.2) is 23.4 Å². The summed E-state index contributed by atoms with van der Waals surface area (Å²) in [6, 6.07) is 2.93. The Morgan fingerprint density at radius 2 is 2.08 bits per heavy atom. The van der Waals surface area contributed by atoms with E-state index in [1.807, 2.05) is 6.92 Å². The molecule has 1 atom stereocenters. The molecule has 2 heterocycles. The standard InChI is InChI=1S/C14H15N3O6S2/c1-9(24-25-11-4-3-10(8-15-11)17(21)22)2-7-14(20)23-16-12(18)5-6-13(16)19/h3-4,8-9H,2,5-7H2,1H3/t9-/m1/s1. The van der Waals surface area contributed by atoms with E-state index in [1.165, 1.54) is 33.9 Å². The molecule has 0 unspecified atom stereocenters. The first kappa shape index (κ1) is 19.2. The highest BCUT2D eigenvalue weighted by atomic mass is 33.1. The summed E-state index contributed by atoms with van der Waals surface area (Å²) in [6.07, 6.45) is 1.88. The van der Waals surface area contributed by atoms with Crippen molar-refractivity contribution in [1.29, 1.82) is 0 Å². The molecule has 1 saturated heterocycles. The summed E-state index contributed by atoms with van der Waals surface area (Å²) >= 11 is 0. The Morgan fingerprint density at radius 1 is 1.40 bits per heavy atom. The van der Waals surface area contributed by atoms with Gasteiger partial charge in [0.15, 0.2) is 0 Å². The second kappa shape index (κ2) is 8.81. The Hall–Kier alpha value is -2.14. The number of carbonyl (C=O) groups excluding carboxylic acids is 3. The van der Waals surface area contributed by atoms with Gasteiger partial charge in [-0.3, -0.25) is 19.7 Å². The van der Waals surface area contributed by atoms with Crippen LogP contribution in [-0.2, 0) is 19.2 Å². The van der Waals surface area contributed by atoms with Crippen LogP contribution in [-0.4, -0.2) is 38.0 Å². The summed E-state index contributed by atoms with van der Waals surface area (Å²) in [4.78, 5) is 53.2. The summed E-state index contributed by atoms with van der Waals surface area (Å²) in [5.41, 5.74) is -0.0730. The highest BCUT2D eigenvalue weighted by molar-refractivity contribution is 8.76. The minimum atomic E-state index is -0.630. The number of aromatic nitrogens is 1. The van der Waals surface area contributed by atoms with Gasteiger partial charge in [-0.15, -0.1) is 5.06 Å². The number of nitrogens with zero attached hydrogens (tertiary/aromatic N) is 3. The van der Waals surface area contributed by atoms with Crippen LogP contribution in [0.2, 0.25) is 0 Å². The van der Waals surface area contributed by atoms with Crippen LogP contribution in [0.5, 0.6) is 0 Å². The number of pyridine rings is 1. The van der Waals surface area contributed by atoms with Gasteiger partial charge in [0.1, 0.15) is 11.2 Å². The van der Waals surface area contributed by atoms with Crippen molar-refractivity contribution >= 4 is 45.1 Å². The molecule has 0 saturated carbocycles. The third kappa shape index (κ3) is 5.71. The van der Waals surface area contributed by atoms with Crippen LogP contribution in [0.3, 0.4) is 0 Å². The quantitative estimate of drug-likeness (QED) is 0.287. The van der Waals surface area contributed by atoms with E-state index < -0.39 is 22.7 Å². The van der Waals surface area contributed by atoms with Crippen molar-refractivity contribution in [1.82, 2.24) is 10.0 Å². The van der Waals surface area contributed by atoms with Gasteiger partial charge in [0.2, 0.25) is 0 Å². The Morgan fingerprint density at radius 3 is 2.64 bits per heavy atom. The van der Waals surface area contributed by atoms with Crippen molar-refractivity contribution in [3.8, 4) is 0 Å². The van der Waals surface area contributed by atoms with Crippen molar-refractivity contribution in [2.45, 2.75) is 42.9 Å². The van der Waals surface area contributed by atoms with Crippen LogP contribution >= 0.6 is 21.6 Å². The van der Waals surface area contributed by atoms with Crippen molar-refractivity contribution < 1.29 is 24.1 Å². The van der Waals surface area contributed by atoms with Gasteiger partial charge in [-0.25, -0.2) is 9.78 Å². The summed E-state index contributed by atoms with van der Waals surface area (Å²) < 4.78 is 0. The highest BCUT2D eigenvalue weighted by Crippen LogP contribution is 2.35. The summed E-state index contributed by atoms with van der Waals surface area (Å²) in [5, 5.41) is 11.8. The van der Waals surface area contributed by atoms with Crippen molar-refractivity contribution in [3.63, 3.8) is 0 Å². The normalized spacial score (nSPS) is 15.3. The lowest BCUT2D eigenvalue weighted by molar-refractivity contribution is -0.385. The smallest absolute Gasteiger partial charge is 0.330 e. The predicted octanol–water partition coefficient (Wildman–Crippen LogP) is 2.51. The third-order valence-electron chi connectivity index (χ3n) is 3.18. The first-order valence-corrected chi connectivity index (χ1v) is 9.58. The van der Waals surface area contributed by atoms with Crippen molar-refractivity contribution in [2.24, 2.45) is 0 Å². The van der Waals surface area contributed by atoms with Gasteiger partial charge in [0.25, 0.3) is 17.5 Å². The van der Waals surface area contributed by atoms with Crippen LogP contribution in [0.1, 0.15) is 32.6 Å². The van der Waals surface area contributed by atoms with Gasteiger partial charge in [-0.1, -0.05) is 17.7 Å². The zero-order chi connectivity index (χ0) is 18.4. The second-order valence-corrected chi connectivity index (χ2v) is 7.85. The van der Waals surface area contributed by atoms with Crippen molar-refractivity contribution in [3.05, 3.63) is 28.4 Å². The van der Waals surface area contributed by atoms with E-state index in [4.69, 9.17) is 4.84 Å². The molecule has 0 radical (unpaired) electrons.